The van der Waals surface area contributed by atoms with Crippen LogP contribution in [0.5, 0.6) is 0 Å². The summed E-state index contributed by atoms with van der Waals surface area (Å²) in [6, 6.07) is 7.30. The fraction of sp³-hybridized carbons (Fsp3) is 0.609. The Morgan fingerprint density at radius 2 is 2.03 bits per heavy atom. The molecular weight excluding hydrogens is 400 g/mol. The molecule has 5 atom stereocenters. The van der Waals surface area contributed by atoms with Crippen molar-refractivity contribution in [2.24, 2.45) is 5.92 Å². The molecular formula is C23H32N2O6. The van der Waals surface area contributed by atoms with Gasteiger partial charge in [0.2, 0.25) is 5.91 Å². The Kier molecular flexibility index (Phi) is 8.03. The highest BCUT2D eigenvalue weighted by molar-refractivity contribution is 5.88. The molecule has 0 aromatic heterocycles. The first-order chi connectivity index (χ1) is 14.9. The molecule has 8 heteroatoms. The minimum Gasteiger partial charge on any atom is -0.480 e. The third-order valence-corrected chi connectivity index (χ3v) is 6.18. The smallest absolute Gasteiger partial charge is 0.326 e. The molecule has 170 valence electrons. The number of carboxylic acid groups (broad SMARTS) is 1. The van der Waals surface area contributed by atoms with Crippen LogP contribution in [0.1, 0.15) is 38.7 Å². The number of carbonyl (C=O) groups excluding carboxylic acids is 2. The van der Waals surface area contributed by atoms with Gasteiger partial charge >= 0.3 is 11.9 Å². The highest BCUT2D eigenvalue weighted by atomic mass is 16.5. The zero-order valence-electron chi connectivity index (χ0n) is 18.2. The number of rotatable bonds is 9. The number of likely N-dealkylation sites (tertiary alicyclic amines) is 1. The van der Waals surface area contributed by atoms with E-state index in [4.69, 9.17) is 9.47 Å². The molecule has 2 heterocycles. The van der Waals surface area contributed by atoms with Gasteiger partial charge in [-0.15, -0.1) is 0 Å². The number of hydrogen-bond acceptors (Lipinski definition) is 6. The quantitative estimate of drug-likeness (QED) is 0.571. The SMILES string of the molecule is CCOC(=O)C(CCc1ccccc1)N[C@@H](C)C(=O)N1C2COCCC2C[C@H]1C(=O)O. The van der Waals surface area contributed by atoms with Crippen LogP contribution in [0, 0.1) is 5.92 Å². The van der Waals surface area contributed by atoms with Crippen molar-refractivity contribution in [3.05, 3.63) is 35.9 Å². The average molecular weight is 433 g/mol. The van der Waals surface area contributed by atoms with E-state index in [1.165, 1.54) is 4.90 Å². The van der Waals surface area contributed by atoms with Crippen molar-refractivity contribution in [1.82, 2.24) is 10.2 Å². The van der Waals surface area contributed by atoms with E-state index in [1.54, 1.807) is 13.8 Å². The van der Waals surface area contributed by atoms with Gasteiger partial charge in [0.15, 0.2) is 0 Å². The Morgan fingerprint density at radius 1 is 1.29 bits per heavy atom. The van der Waals surface area contributed by atoms with E-state index in [-0.39, 0.29) is 24.5 Å². The molecule has 1 aromatic rings. The van der Waals surface area contributed by atoms with Gasteiger partial charge in [0.05, 0.1) is 25.3 Å². The van der Waals surface area contributed by atoms with Crippen molar-refractivity contribution in [2.45, 2.75) is 63.7 Å². The van der Waals surface area contributed by atoms with Crippen molar-refractivity contribution >= 4 is 17.8 Å². The van der Waals surface area contributed by atoms with Crippen molar-refractivity contribution in [2.75, 3.05) is 19.8 Å². The zero-order chi connectivity index (χ0) is 22.4. The lowest BCUT2D eigenvalue weighted by Crippen LogP contribution is -2.56. The van der Waals surface area contributed by atoms with Gasteiger partial charge in [-0.1, -0.05) is 30.3 Å². The van der Waals surface area contributed by atoms with Gasteiger partial charge in [0, 0.05) is 6.61 Å². The Hall–Kier alpha value is -2.45. The molecule has 2 fully saturated rings. The maximum absolute atomic E-state index is 13.3. The number of carbonyl (C=O) groups is 3. The van der Waals surface area contributed by atoms with E-state index in [9.17, 15) is 19.5 Å². The van der Waals surface area contributed by atoms with Crippen LogP contribution in [0.25, 0.3) is 0 Å². The summed E-state index contributed by atoms with van der Waals surface area (Å²) >= 11 is 0. The second-order valence-electron chi connectivity index (χ2n) is 8.24. The lowest BCUT2D eigenvalue weighted by molar-refractivity contribution is -0.153. The lowest BCUT2D eigenvalue weighted by Gasteiger charge is -2.35. The molecule has 2 saturated heterocycles. The van der Waals surface area contributed by atoms with Crippen molar-refractivity contribution < 1.29 is 29.0 Å². The minimum atomic E-state index is -0.999. The van der Waals surface area contributed by atoms with Gasteiger partial charge in [0.1, 0.15) is 12.1 Å². The molecule has 8 nitrogen and oxygen atoms in total. The maximum Gasteiger partial charge on any atom is 0.326 e. The first-order valence-corrected chi connectivity index (χ1v) is 11.0. The third-order valence-electron chi connectivity index (χ3n) is 6.18. The molecule has 1 amide bonds. The van der Waals surface area contributed by atoms with Crippen molar-refractivity contribution in [1.29, 1.82) is 0 Å². The molecule has 0 spiro atoms. The van der Waals surface area contributed by atoms with E-state index in [0.717, 1.165) is 12.0 Å². The number of esters is 1. The molecule has 2 N–H and O–H groups in total. The largest absolute Gasteiger partial charge is 0.480 e. The highest BCUT2D eigenvalue weighted by Crippen LogP contribution is 2.35. The molecule has 0 radical (unpaired) electrons. The molecule has 2 aliphatic rings. The standard InChI is InChI=1S/C23H32N2O6/c1-3-31-23(29)18(10-9-16-7-5-4-6-8-16)24-15(2)21(26)25-19(22(27)28)13-17-11-12-30-14-20(17)25/h4-8,15,17-20,24H,3,9-14H2,1-2H3,(H,27,28)/t15-,17?,18?,19-,20?/m0/s1. The number of nitrogens with zero attached hydrogens (tertiary/aromatic N) is 1. The fourth-order valence-electron chi connectivity index (χ4n) is 4.58. The van der Waals surface area contributed by atoms with Gasteiger partial charge in [-0.25, -0.2) is 4.79 Å². The number of nitrogens with one attached hydrogen (secondary N) is 1. The van der Waals surface area contributed by atoms with Crippen LogP contribution >= 0.6 is 0 Å². The summed E-state index contributed by atoms with van der Waals surface area (Å²) in [5.41, 5.74) is 1.09. The summed E-state index contributed by atoms with van der Waals surface area (Å²) in [4.78, 5) is 39.1. The van der Waals surface area contributed by atoms with Crippen LogP contribution in [-0.4, -0.2) is 71.8 Å². The Labute approximate surface area is 182 Å². The predicted molar refractivity (Wildman–Crippen MR) is 113 cm³/mol. The number of fused-ring (bicyclic) bond motifs is 1. The number of amides is 1. The molecule has 2 aliphatic heterocycles. The number of hydrogen-bond donors (Lipinski definition) is 2. The van der Waals surface area contributed by atoms with Crippen LogP contribution in [0.3, 0.4) is 0 Å². The lowest BCUT2D eigenvalue weighted by atomic mass is 9.94. The highest BCUT2D eigenvalue weighted by Gasteiger charge is 2.49. The normalized spacial score (nSPS) is 24.8. The Bertz CT molecular complexity index is 771. The van der Waals surface area contributed by atoms with Crippen LogP contribution in [0.4, 0.5) is 0 Å². The Morgan fingerprint density at radius 3 is 2.71 bits per heavy atom. The molecule has 31 heavy (non-hydrogen) atoms. The van der Waals surface area contributed by atoms with Gasteiger partial charge in [-0.05, 0) is 51.0 Å². The predicted octanol–water partition coefficient (Wildman–Crippen LogP) is 1.62. The molecule has 1 aromatic carbocycles. The summed E-state index contributed by atoms with van der Waals surface area (Å²) in [6.07, 6.45) is 2.32. The van der Waals surface area contributed by atoms with E-state index < -0.39 is 30.1 Å². The number of aryl methyl sites for hydroxylation is 1. The van der Waals surface area contributed by atoms with Crippen molar-refractivity contribution in [3.8, 4) is 0 Å². The van der Waals surface area contributed by atoms with Gasteiger partial charge < -0.3 is 19.5 Å². The monoisotopic (exact) mass is 432 g/mol. The number of aliphatic carboxylic acids is 1. The Balaban J connectivity index is 1.70. The van der Waals surface area contributed by atoms with E-state index in [0.29, 0.717) is 32.5 Å². The third kappa shape index (κ3) is 5.62. The molecule has 0 aliphatic carbocycles. The van der Waals surface area contributed by atoms with Crippen molar-refractivity contribution in [3.63, 3.8) is 0 Å². The number of carboxylic acids is 1. The summed E-state index contributed by atoms with van der Waals surface area (Å²) in [5, 5.41) is 12.8. The summed E-state index contributed by atoms with van der Waals surface area (Å²) < 4.78 is 10.7. The second-order valence-corrected chi connectivity index (χ2v) is 8.24. The van der Waals surface area contributed by atoms with E-state index in [2.05, 4.69) is 5.32 Å². The number of ether oxygens (including phenoxy) is 2. The minimum absolute atomic E-state index is 0.130. The summed E-state index contributed by atoms with van der Waals surface area (Å²) in [5.74, 6) is -1.60. The van der Waals surface area contributed by atoms with Gasteiger partial charge in [0.25, 0.3) is 0 Å². The van der Waals surface area contributed by atoms with E-state index >= 15 is 0 Å². The first kappa shape index (κ1) is 23.2. The maximum atomic E-state index is 13.3. The summed E-state index contributed by atoms with van der Waals surface area (Å²) in [7, 11) is 0. The van der Waals surface area contributed by atoms with E-state index in [1.807, 2.05) is 30.3 Å². The molecule has 3 unspecified atom stereocenters. The number of benzene rings is 1. The van der Waals surface area contributed by atoms with Crippen LogP contribution in [0.15, 0.2) is 30.3 Å². The second kappa shape index (κ2) is 10.7. The molecule has 0 bridgehead atoms. The van der Waals surface area contributed by atoms with Crippen LogP contribution < -0.4 is 5.32 Å². The molecule has 0 saturated carbocycles. The zero-order valence-corrected chi connectivity index (χ0v) is 18.2. The average Bonchev–Trinajstić information content (AvgIpc) is 3.16. The van der Waals surface area contributed by atoms with Gasteiger partial charge in [-0.3, -0.25) is 14.9 Å². The molecule has 3 rings (SSSR count). The van der Waals surface area contributed by atoms with Gasteiger partial charge in [-0.2, -0.15) is 0 Å². The van der Waals surface area contributed by atoms with Crippen LogP contribution in [-0.2, 0) is 30.3 Å². The fourth-order valence-corrected chi connectivity index (χ4v) is 4.58. The van der Waals surface area contributed by atoms with Crippen LogP contribution in [0.2, 0.25) is 0 Å². The first-order valence-electron chi connectivity index (χ1n) is 11.0. The topological polar surface area (TPSA) is 105 Å². The summed E-state index contributed by atoms with van der Waals surface area (Å²) in [6.45, 7) is 4.60.